The first-order valence-corrected chi connectivity index (χ1v) is 9.02. The number of halogens is 1. The fraction of sp³-hybridized carbons (Fsp3) is 0.421. The average molecular weight is 344 g/mol. The van der Waals surface area contributed by atoms with E-state index in [0.29, 0.717) is 0 Å². The predicted molar refractivity (Wildman–Crippen MR) is 94.8 cm³/mol. The normalized spacial score (nSPS) is 17.3. The highest BCUT2D eigenvalue weighted by molar-refractivity contribution is 9.09. The van der Waals surface area contributed by atoms with E-state index >= 15 is 0 Å². The Labute approximate surface area is 135 Å². The summed E-state index contributed by atoms with van der Waals surface area (Å²) in [6.07, 6.45) is 9.26. The van der Waals surface area contributed by atoms with Crippen molar-refractivity contribution in [1.29, 1.82) is 0 Å². The summed E-state index contributed by atoms with van der Waals surface area (Å²) in [6.45, 7) is 2.04. The standard InChI is InChI=1S/C19H22BrN/c1-14-7-9-17-11-15(8-10-19(17)21-14)12-18(13-20)16-5-3-2-4-6-16/h7-12,16H,2-6,13H2,1H3/b18-12-. The van der Waals surface area contributed by atoms with E-state index in [-0.39, 0.29) is 0 Å². The van der Waals surface area contributed by atoms with Crippen molar-refractivity contribution in [3.05, 3.63) is 47.2 Å². The van der Waals surface area contributed by atoms with E-state index in [9.17, 15) is 0 Å². The van der Waals surface area contributed by atoms with Gasteiger partial charge in [-0.3, -0.25) is 4.98 Å². The van der Waals surface area contributed by atoms with Crippen LogP contribution < -0.4 is 0 Å². The summed E-state index contributed by atoms with van der Waals surface area (Å²) in [7, 11) is 0. The molecule has 110 valence electrons. The van der Waals surface area contributed by atoms with E-state index in [0.717, 1.165) is 22.5 Å². The number of alkyl halides is 1. The van der Waals surface area contributed by atoms with E-state index in [1.54, 1.807) is 5.57 Å². The Morgan fingerprint density at radius 1 is 1.19 bits per heavy atom. The van der Waals surface area contributed by atoms with Gasteiger partial charge in [0.25, 0.3) is 0 Å². The molecule has 1 aromatic carbocycles. The molecular weight excluding hydrogens is 322 g/mol. The van der Waals surface area contributed by atoms with E-state index in [4.69, 9.17) is 0 Å². The van der Waals surface area contributed by atoms with Crippen LogP contribution in [0, 0.1) is 12.8 Å². The van der Waals surface area contributed by atoms with Crippen LogP contribution in [0.2, 0.25) is 0 Å². The number of benzene rings is 1. The topological polar surface area (TPSA) is 12.9 Å². The first kappa shape index (κ1) is 14.8. The van der Waals surface area contributed by atoms with Gasteiger partial charge in [0.15, 0.2) is 0 Å². The van der Waals surface area contributed by atoms with Crippen LogP contribution in [-0.2, 0) is 0 Å². The summed E-state index contributed by atoms with van der Waals surface area (Å²) in [6, 6.07) is 10.8. The zero-order chi connectivity index (χ0) is 14.7. The molecule has 0 atom stereocenters. The smallest absolute Gasteiger partial charge is 0.0705 e. The molecule has 1 aliphatic carbocycles. The SMILES string of the molecule is Cc1ccc2cc(/C=C(/CBr)C3CCCCC3)ccc2n1. The third kappa shape index (κ3) is 3.55. The maximum atomic E-state index is 4.58. The fourth-order valence-electron chi connectivity index (χ4n) is 3.29. The summed E-state index contributed by atoms with van der Waals surface area (Å²) in [5, 5.41) is 2.22. The Bertz CT molecular complexity index is 654. The predicted octanol–water partition coefficient (Wildman–Crippen LogP) is 5.90. The van der Waals surface area contributed by atoms with Crippen LogP contribution in [-0.4, -0.2) is 10.3 Å². The number of nitrogens with zero attached hydrogens (tertiary/aromatic N) is 1. The van der Waals surface area contributed by atoms with Crippen LogP contribution in [0.5, 0.6) is 0 Å². The van der Waals surface area contributed by atoms with Crippen molar-refractivity contribution in [2.24, 2.45) is 5.92 Å². The van der Waals surface area contributed by atoms with Crippen LogP contribution in [0.3, 0.4) is 0 Å². The number of rotatable bonds is 3. The molecule has 0 saturated heterocycles. The maximum absolute atomic E-state index is 4.58. The molecule has 1 fully saturated rings. The second-order valence-electron chi connectivity index (χ2n) is 6.09. The van der Waals surface area contributed by atoms with Gasteiger partial charge >= 0.3 is 0 Å². The third-order valence-corrected chi connectivity index (χ3v) is 5.14. The molecule has 0 radical (unpaired) electrons. The number of allylic oxidation sites excluding steroid dienone is 1. The van der Waals surface area contributed by atoms with Crippen LogP contribution in [0.15, 0.2) is 35.9 Å². The van der Waals surface area contributed by atoms with Gasteiger partial charge in [-0.2, -0.15) is 0 Å². The largest absolute Gasteiger partial charge is 0.253 e. The number of pyridine rings is 1. The number of aryl methyl sites for hydroxylation is 1. The van der Waals surface area contributed by atoms with Crippen molar-refractivity contribution in [3.8, 4) is 0 Å². The van der Waals surface area contributed by atoms with Crippen LogP contribution in [0.1, 0.15) is 43.4 Å². The minimum Gasteiger partial charge on any atom is -0.253 e. The van der Waals surface area contributed by atoms with Crippen LogP contribution in [0.4, 0.5) is 0 Å². The molecule has 0 bridgehead atoms. The fourth-order valence-corrected chi connectivity index (χ4v) is 3.91. The minimum atomic E-state index is 0.768. The number of hydrogen-bond acceptors (Lipinski definition) is 1. The molecule has 3 rings (SSSR count). The molecule has 0 spiro atoms. The Kier molecular flexibility index (Phi) is 4.74. The Hall–Kier alpha value is -1.15. The van der Waals surface area contributed by atoms with Gasteiger partial charge < -0.3 is 0 Å². The second kappa shape index (κ2) is 6.74. The Morgan fingerprint density at radius 3 is 2.76 bits per heavy atom. The molecule has 2 aromatic rings. The van der Waals surface area contributed by atoms with E-state index in [1.807, 2.05) is 6.92 Å². The van der Waals surface area contributed by atoms with Crippen molar-refractivity contribution in [3.63, 3.8) is 0 Å². The lowest BCUT2D eigenvalue weighted by molar-refractivity contribution is 0.405. The molecule has 1 nitrogen and oxygen atoms in total. The van der Waals surface area contributed by atoms with Crippen molar-refractivity contribution in [2.45, 2.75) is 39.0 Å². The number of fused-ring (bicyclic) bond motifs is 1. The summed E-state index contributed by atoms with van der Waals surface area (Å²) >= 11 is 3.69. The van der Waals surface area contributed by atoms with Gasteiger partial charge in [0.1, 0.15) is 0 Å². The minimum absolute atomic E-state index is 0.768. The van der Waals surface area contributed by atoms with E-state index < -0.39 is 0 Å². The third-order valence-electron chi connectivity index (χ3n) is 4.49. The highest BCUT2D eigenvalue weighted by Gasteiger charge is 2.16. The van der Waals surface area contributed by atoms with Crippen molar-refractivity contribution in [2.75, 3.05) is 5.33 Å². The van der Waals surface area contributed by atoms with Crippen molar-refractivity contribution >= 4 is 32.9 Å². The van der Waals surface area contributed by atoms with Gasteiger partial charge in [0.2, 0.25) is 0 Å². The molecule has 0 amide bonds. The molecule has 1 aliphatic rings. The Balaban J connectivity index is 1.90. The first-order chi connectivity index (χ1) is 10.3. The highest BCUT2D eigenvalue weighted by atomic mass is 79.9. The summed E-state index contributed by atoms with van der Waals surface area (Å²) in [4.78, 5) is 4.58. The molecule has 0 aliphatic heterocycles. The molecule has 1 heterocycles. The first-order valence-electron chi connectivity index (χ1n) is 7.90. The molecule has 21 heavy (non-hydrogen) atoms. The highest BCUT2D eigenvalue weighted by Crippen LogP contribution is 2.32. The molecule has 0 unspecified atom stereocenters. The lowest BCUT2D eigenvalue weighted by Crippen LogP contribution is -2.10. The Morgan fingerprint density at radius 2 is 2.00 bits per heavy atom. The van der Waals surface area contributed by atoms with Gasteiger partial charge in [-0.1, -0.05) is 59.0 Å². The van der Waals surface area contributed by atoms with Gasteiger partial charge in [0.05, 0.1) is 5.52 Å². The van der Waals surface area contributed by atoms with Crippen molar-refractivity contribution < 1.29 is 0 Å². The quantitative estimate of drug-likeness (QED) is 0.632. The molecular formula is C19H22BrN. The lowest BCUT2D eigenvalue weighted by atomic mass is 9.84. The van der Waals surface area contributed by atoms with Crippen LogP contribution >= 0.6 is 15.9 Å². The van der Waals surface area contributed by atoms with Crippen molar-refractivity contribution in [1.82, 2.24) is 4.98 Å². The van der Waals surface area contributed by atoms with Gasteiger partial charge in [0, 0.05) is 16.4 Å². The molecule has 0 N–H and O–H groups in total. The summed E-state index contributed by atoms with van der Waals surface area (Å²) in [5.74, 6) is 0.768. The zero-order valence-corrected chi connectivity index (χ0v) is 14.2. The summed E-state index contributed by atoms with van der Waals surface area (Å²) in [5.41, 5.74) is 5.02. The molecule has 1 saturated carbocycles. The lowest BCUT2D eigenvalue weighted by Gasteiger charge is -2.23. The van der Waals surface area contributed by atoms with E-state index in [1.165, 1.54) is 43.1 Å². The number of aromatic nitrogens is 1. The maximum Gasteiger partial charge on any atom is 0.0705 e. The number of hydrogen-bond donors (Lipinski definition) is 0. The van der Waals surface area contributed by atoms with E-state index in [2.05, 4.69) is 57.3 Å². The summed E-state index contributed by atoms with van der Waals surface area (Å²) < 4.78 is 0. The van der Waals surface area contributed by atoms with Crippen LogP contribution in [0.25, 0.3) is 17.0 Å². The molecule has 2 heteroatoms. The second-order valence-corrected chi connectivity index (χ2v) is 6.65. The van der Waals surface area contributed by atoms with Gasteiger partial charge in [-0.25, -0.2) is 0 Å². The van der Waals surface area contributed by atoms with Gasteiger partial charge in [-0.15, -0.1) is 0 Å². The molecule has 1 aromatic heterocycles. The van der Waals surface area contributed by atoms with Gasteiger partial charge in [-0.05, 0) is 49.4 Å². The average Bonchev–Trinajstić information content (AvgIpc) is 2.53. The zero-order valence-electron chi connectivity index (χ0n) is 12.6. The monoisotopic (exact) mass is 343 g/mol.